The molecule has 0 bridgehead atoms. The fourth-order valence-electron chi connectivity index (χ4n) is 1.64. The standard InChI is InChI=1S/C12H14FNOS/c13-10-6-9(12(14)16)4-5-11(10)15-7-8-2-1-3-8/h4-6,8H,1-3,7H2,(H2,14,16). The van der Waals surface area contributed by atoms with E-state index >= 15 is 0 Å². The molecule has 1 aliphatic rings. The monoisotopic (exact) mass is 239 g/mol. The first-order chi connectivity index (χ1) is 7.66. The predicted octanol–water partition coefficient (Wildman–Crippen LogP) is 2.64. The third kappa shape index (κ3) is 2.50. The van der Waals surface area contributed by atoms with Gasteiger partial charge in [0.05, 0.1) is 6.61 Å². The van der Waals surface area contributed by atoms with E-state index in [0.29, 0.717) is 18.1 Å². The third-order valence-electron chi connectivity index (χ3n) is 2.92. The maximum Gasteiger partial charge on any atom is 0.165 e. The molecule has 2 rings (SSSR count). The molecule has 1 aliphatic carbocycles. The van der Waals surface area contributed by atoms with Crippen LogP contribution in [0.4, 0.5) is 4.39 Å². The minimum Gasteiger partial charge on any atom is -0.490 e. The second-order valence-electron chi connectivity index (χ2n) is 4.12. The third-order valence-corrected chi connectivity index (χ3v) is 3.15. The summed E-state index contributed by atoms with van der Waals surface area (Å²) >= 11 is 4.77. The van der Waals surface area contributed by atoms with Gasteiger partial charge in [0.1, 0.15) is 4.99 Å². The molecule has 0 radical (unpaired) electrons. The minimum atomic E-state index is -0.398. The number of rotatable bonds is 4. The van der Waals surface area contributed by atoms with Gasteiger partial charge in [0.15, 0.2) is 11.6 Å². The van der Waals surface area contributed by atoms with E-state index in [4.69, 9.17) is 22.7 Å². The van der Waals surface area contributed by atoms with Crippen LogP contribution in [-0.2, 0) is 0 Å². The Kier molecular flexibility index (Phi) is 3.39. The normalized spacial score (nSPS) is 15.6. The SMILES string of the molecule is NC(=S)c1ccc(OCC2CCC2)c(F)c1. The molecule has 0 aromatic heterocycles. The summed E-state index contributed by atoms with van der Waals surface area (Å²) in [5, 5.41) is 0. The van der Waals surface area contributed by atoms with E-state index in [2.05, 4.69) is 0 Å². The first-order valence-electron chi connectivity index (χ1n) is 5.39. The van der Waals surface area contributed by atoms with Crippen molar-refractivity contribution in [2.75, 3.05) is 6.61 Å². The Morgan fingerprint density at radius 1 is 1.50 bits per heavy atom. The van der Waals surface area contributed by atoms with Gasteiger partial charge in [0, 0.05) is 5.56 Å². The van der Waals surface area contributed by atoms with E-state index in [9.17, 15) is 4.39 Å². The highest BCUT2D eigenvalue weighted by molar-refractivity contribution is 7.80. The molecule has 1 aromatic carbocycles. The number of halogens is 1. The Morgan fingerprint density at radius 2 is 2.25 bits per heavy atom. The van der Waals surface area contributed by atoms with E-state index in [1.165, 1.54) is 25.3 Å². The van der Waals surface area contributed by atoms with Crippen LogP contribution >= 0.6 is 12.2 Å². The molecule has 0 spiro atoms. The summed E-state index contributed by atoms with van der Waals surface area (Å²) in [5.74, 6) is 0.478. The highest BCUT2D eigenvalue weighted by atomic mass is 32.1. The molecular formula is C12H14FNOS. The zero-order chi connectivity index (χ0) is 11.5. The maximum atomic E-state index is 13.5. The van der Waals surface area contributed by atoms with Crippen molar-refractivity contribution in [3.8, 4) is 5.75 Å². The van der Waals surface area contributed by atoms with Crippen LogP contribution in [0.25, 0.3) is 0 Å². The van der Waals surface area contributed by atoms with Crippen molar-refractivity contribution in [1.29, 1.82) is 0 Å². The summed E-state index contributed by atoms with van der Waals surface area (Å²) in [6.07, 6.45) is 3.63. The summed E-state index contributed by atoms with van der Waals surface area (Å²) in [7, 11) is 0. The van der Waals surface area contributed by atoms with E-state index in [1.807, 2.05) is 0 Å². The molecule has 1 saturated carbocycles. The predicted molar refractivity (Wildman–Crippen MR) is 65.1 cm³/mol. The van der Waals surface area contributed by atoms with Crippen molar-refractivity contribution in [2.24, 2.45) is 11.7 Å². The average Bonchev–Trinajstić information content (AvgIpc) is 2.17. The first-order valence-corrected chi connectivity index (χ1v) is 5.80. The Labute approximate surface area is 99.6 Å². The Bertz CT molecular complexity index is 404. The second-order valence-corrected chi connectivity index (χ2v) is 4.56. The number of hydrogen-bond acceptors (Lipinski definition) is 2. The number of thiocarbonyl (C=S) groups is 1. The van der Waals surface area contributed by atoms with Crippen LogP contribution in [-0.4, -0.2) is 11.6 Å². The summed E-state index contributed by atoms with van der Waals surface area (Å²) in [6, 6.07) is 4.59. The molecule has 1 fully saturated rings. The highest BCUT2D eigenvalue weighted by Crippen LogP contribution is 2.28. The van der Waals surface area contributed by atoms with Crippen LogP contribution in [0, 0.1) is 11.7 Å². The smallest absolute Gasteiger partial charge is 0.165 e. The van der Waals surface area contributed by atoms with Gasteiger partial charge in [-0.1, -0.05) is 18.6 Å². The van der Waals surface area contributed by atoms with Gasteiger partial charge in [-0.25, -0.2) is 4.39 Å². The Balaban J connectivity index is 2.00. The van der Waals surface area contributed by atoms with Gasteiger partial charge in [-0.3, -0.25) is 0 Å². The topological polar surface area (TPSA) is 35.2 Å². The van der Waals surface area contributed by atoms with Crippen LogP contribution in [0.15, 0.2) is 18.2 Å². The van der Waals surface area contributed by atoms with E-state index in [1.54, 1.807) is 12.1 Å². The van der Waals surface area contributed by atoms with Crippen LogP contribution in [0.3, 0.4) is 0 Å². The lowest BCUT2D eigenvalue weighted by atomic mass is 9.86. The van der Waals surface area contributed by atoms with E-state index in [-0.39, 0.29) is 10.7 Å². The Morgan fingerprint density at radius 3 is 2.75 bits per heavy atom. The molecule has 0 atom stereocenters. The van der Waals surface area contributed by atoms with Gasteiger partial charge in [-0.2, -0.15) is 0 Å². The largest absolute Gasteiger partial charge is 0.490 e. The van der Waals surface area contributed by atoms with Gasteiger partial charge in [0.2, 0.25) is 0 Å². The molecule has 0 saturated heterocycles. The van der Waals surface area contributed by atoms with Crippen LogP contribution < -0.4 is 10.5 Å². The number of benzene rings is 1. The van der Waals surface area contributed by atoms with Gasteiger partial charge in [-0.15, -0.1) is 0 Å². The molecule has 2 N–H and O–H groups in total. The van der Waals surface area contributed by atoms with Crippen LogP contribution in [0.2, 0.25) is 0 Å². The lowest BCUT2D eigenvalue weighted by molar-refractivity contribution is 0.175. The number of nitrogens with two attached hydrogens (primary N) is 1. The van der Waals surface area contributed by atoms with E-state index in [0.717, 1.165) is 0 Å². The lowest BCUT2D eigenvalue weighted by Gasteiger charge is -2.25. The van der Waals surface area contributed by atoms with Crippen LogP contribution in [0.1, 0.15) is 24.8 Å². The van der Waals surface area contributed by atoms with Gasteiger partial charge in [-0.05, 0) is 37.0 Å². The van der Waals surface area contributed by atoms with Crippen molar-refractivity contribution in [3.63, 3.8) is 0 Å². The molecule has 1 aromatic rings. The number of hydrogen-bond donors (Lipinski definition) is 1. The lowest BCUT2D eigenvalue weighted by Crippen LogP contribution is -2.19. The molecule has 0 unspecified atom stereocenters. The van der Waals surface area contributed by atoms with Crippen molar-refractivity contribution >= 4 is 17.2 Å². The van der Waals surface area contributed by atoms with Crippen molar-refractivity contribution in [2.45, 2.75) is 19.3 Å². The average molecular weight is 239 g/mol. The summed E-state index contributed by atoms with van der Waals surface area (Å²) < 4.78 is 19.0. The first kappa shape index (κ1) is 11.3. The van der Waals surface area contributed by atoms with Crippen molar-refractivity contribution in [1.82, 2.24) is 0 Å². The summed E-state index contributed by atoms with van der Waals surface area (Å²) in [4.78, 5) is 0.199. The highest BCUT2D eigenvalue weighted by Gasteiger charge is 2.18. The fraction of sp³-hybridized carbons (Fsp3) is 0.417. The quantitative estimate of drug-likeness (QED) is 0.820. The molecule has 0 heterocycles. The zero-order valence-corrected chi connectivity index (χ0v) is 9.73. The number of ether oxygens (including phenoxy) is 1. The molecule has 16 heavy (non-hydrogen) atoms. The minimum absolute atomic E-state index is 0.199. The van der Waals surface area contributed by atoms with Gasteiger partial charge >= 0.3 is 0 Å². The molecule has 2 nitrogen and oxygen atoms in total. The molecular weight excluding hydrogens is 225 g/mol. The van der Waals surface area contributed by atoms with Gasteiger partial charge < -0.3 is 10.5 Å². The van der Waals surface area contributed by atoms with E-state index < -0.39 is 5.82 Å². The molecule has 0 aliphatic heterocycles. The van der Waals surface area contributed by atoms with Gasteiger partial charge in [0.25, 0.3) is 0 Å². The van der Waals surface area contributed by atoms with Crippen LogP contribution in [0.5, 0.6) is 5.75 Å². The Hall–Kier alpha value is -1.16. The van der Waals surface area contributed by atoms with Crippen molar-refractivity contribution in [3.05, 3.63) is 29.6 Å². The maximum absolute atomic E-state index is 13.5. The molecule has 4 heteroatoms. The summed E-state index contributed by atoms with van der Waals surface area (Å²) in [5.41, 5.74) is 5.94. The second kappa shape index (κ2) is 4.78. The summed E-state index contributed by atoms with van der Waals surface area (Å²) in [6.45, 7) is 0.601. The molecule has 0 amide bonds. The zero-order valence-electron chi connectivity index (χ0n) is 8.91. The van der Waals surface area contributed by atoms with Crippen molar-refractivity contribution < 1.29 is 9.13 Å². The fourth-order valence-corrected chi connectivity index (χ4v) is 1.77. The molecule has 86 valence electrons.